The Hall–Kier alpha value is -1.89. The van der Waals surface area contributed by atoms with Gasteiger partial charge in [-0.05, 0) is 18.8 Å². The first-order chi connectivity index (χ1) is 9.79. The van der Waals surface area contributed by atoms with E-state index in [0.717, 1.165) is 32.4 Å². The monoisotopic (exact) mass is 300 g/mol. The molecule has 1 rings (SSSR count). The van der Waals surface area contributed by atoms with E-state index in [1.807, 2.05) is 11.8 Å². The Balaban J connectivity index is 0.000000433. The van der Waals surface area contributed by atoms with Crippen molar-refractivity contribution in [1.82, 2.24) is 4.90 Å². The second-order valence-corrected chi connectivity index (χ2v) is 4.95. The van der Waals surface area contributed by atoms with Crippen LogP contribution in [0.1, 0.15) is 33.1 Å². The lowest BCUT2D eigenvalue weighted by molar-refractivity contribution is -0.134. The highest BCUT2D eigenvalue weighted by molar-refractivity contribution is 5.89. The number of carbonyl (C=O) groups excluding carboxylic acids is 1. The smallest absolute Gasteiger partial charge is 0.328 e. The molecule has 1 aliphatic rings. The minimum Gasteiger partial charge on any atom is -0.478 e. The molecule has 0 saturated carbocycles. The lowest BCUT2D eigenvalue weighted by atomic mass is 9.99. The van der Waals surface area contributed by atoms with Gasteiger partial charge in [-0.2, -0.15) is 0 Å². The minimum absolute atomic E-state index is 0.145. The summed E-state index contributed by atoms with van der Waals surface area (Å²) in [6.07, 6.45) is 4.36. The van der Waals surface area contributed by atoms with Crippen LogP contribution in [0.25, 0.3) is 0 Å². The Labute approximate surface area is 124 Å². The normalized spacial score (nSPS) is 17.0. The molecule has 4 N–H and O–H groups in total. The predicted octanol–water partition coefficient (Wildman–Crippen LogP) is 0.694. The van der Waals surface area contributed by atoms with Gasteiger partial charge in [0, 0.05) is 25.2 Å². The summed E-state index contributed by atoms with van der Waals surface area (Å²) in [4.78, 5) is 32.8. The molecule has 1 fully saturated rings. The molecule has 0 bridgehead atoms. The Bertz CT molecular complexity index is 373. The number of hydrogen-bond donors (Lipinski definition) is 3. The molecule has 1 heterocycles. The maximum atomic E-state index is 11.7. The number of amides is 1. The molecule has 1 aliphatic heterocycles. The summed E-state index contributed by atoms with van der Waals surface area (Å²) in [5, 5.41) is 15.6. The molecule has 7 nitrogen and oxygen atoms in total. The fourth-order valence-electron chi connectivity index (χ4n) is 1.79. The zero-order valence-electron chi connectivity index (χ0n) is 12.5. The van der Waals surface area contributed by atoms with Crippen LogP contribution in [-0.2, 0) is 14.4 Å². The van der Waals surface area contributed by atoms with E-state index in [0.29, 0.717) is 18.1 Å². The summed E-state index contributed by atoms with van der Waals surface area (Å²) in [7, 11) is 0. The Kier molecular flexibility index (Phi) is 9.03. The van der Waals surface area contributed by atoms with Crippen LogP contribution in [0, 0.1) is 5.92 Å². The number of rotatable bonds is 5. The van der Waals surface area contributed by atoms with Crippen LogP contribution in [0.4, 0.5) is 0 Å². The van der Waals surface area contributed by atoms with Gasteiger partial charge in [-0.3, -0.25) is 4.79 Å². The van der Waals surface area contributed by atoms with Crippen LogP contribution < -0.4 is 5.73 Å². The summed E-state index contributed by atoms with van der Waals surface area (Å²) in [5.74, 6) is -2.07. The fraction of sp³-hybridized carbons (Fsp3) is 0.643. The van der Waals surface area contributed by atoms with Crippen LogP contribution in [0.15, 0.2) is 12.2 Å². The van der Waals surface area contributed by atoms with Crippen molar-refractivity contribution in [1.29, 1.82) is 0 Å². The highest BCUT2D eigenvalue weighted by Gasteiger charge is 2.26. The number of carbonyl (C=O) groups is 3. The summed E-state index contributed by atoms with van der Waals surface area (Å²) in [5.41, 5.74) is 5.86. The molecule has 120 valence electrons. The standard InChI is InChI=1S/C10H20N2O.C4H4O4/c1-3-8(2)9(11)10(13)12-6-4-5-7-12;5-3(6)1-2-4(7)8/h8-9H,3-7,11H2,1-2H3;1-2H,(H,5,6)(H,7,8)/b;2-1+/t8-,9+;/m1./s1. The number of carboxylic acid groups (broad SMARTS) is 2. The molecular formula is C14H24N2O5. The van der Waals surface area contributed by atoms with Crippen molar-refractivity contribution in [2.24, 2.45) is 11.7 Å². The number of nitrogens with two attached hydrogens (primary N) is 1. The van der Waals surface area contributed by atoms with Crippen LogP contribution in [0.2, 0.25) is 0 Å². The Morgan fingerprint density at radius 2 is 1.57 bits per heavy atom. The van der Waals surface area contributed by atoms with Gasteiger partial charge < -0.3 is 20.8 Å². The average molecular weight is 300 g/mol. The van der Waals surface area contributed by atoms with E-state index in [2.05, 4.69) is 6.92 Å². The number of aliphatic carboxylic acids is 2. The van der Waals surface area contributed by atoms with Gasteiger partial charge in [-0.25, -0.2) is 9.59 Å². The molecule has 7 heteroatoms. The Morgan fingerprint density at radius 1 is 1.14 bits per heavy atom. The van der Waals surface area contributed by atoms with Crippen molar-refractivity contribution in [2.75, 3.05) is 13.1 Å². The first-order valence-electron chi connectivity index (χ1n) is 6.97. The summed E-state index contributed by atoms with van der Waals surface area (Å²) in [6.45, 7) is 5.92. The highest BCUT2D eigenvalue weighted by atomic mass is 16.4. The zero-order chi connectivity index (χ0) is 16.4. The number of nitrogens with zero attached hydrogens (tertiary/aromatic N) is 1. The average Bonchev–Trinajstić information content (AvgIpc) is 2.97. The van der Waals surface area contributed by atoms with Crippen LogP contribution in [-0.4, -0.2) is 52.1 Å². The molecule has 0 spiro atoms. The molecule has 0 aromatic heterocycles. The van der Waals surface area contributed by atoms with Crippen molar-refractivity contribution < 1.29 is 24.6 Å². The van der Waals surface area contributed by atoms with Crippen LogP contribution in [0.5, 0.6) is 0 Å². The molecule has 21 heavy (non-hydrogen) atoms. The molecule has 0 unspecified atom stereocenters. The zero-order valence-corrected chi connectivity index (χ0v) is 12.5. The summed E-state index contributed by atoms with van der Waals surface area (Å²) < 4.78 is 0. The molecule has 1 amide bonds. The third-order valence-corrected chi connectivity index (χ3v) is 3.33. The van der Waals surface area contributed by atoms with E-state index in [4.69, 9.17) is 15.9 Å². The maximum absolute atomic E-state index is 11.7. The summed E-state index contributed by atoms with van der Waals surface area (Å²) >= 11 is 0. The largest absolute Gasteiger partial charge is 0.478 e. The SMILES string of the molecule is CC[C@@H](C)[C@H](N)C(=O)N1CCCC1.O=C(O)/C=C/C(=O)O. The van der Waals surface area contributed by atoms with E-state index >= 15 is 0 Å². The first kappa shape index (κ1) is 19.1. The van der Waals surface area contributed by atoms with Gasteiger partial charge in [0.25, 0.3) is 0 Å². The molecule has 0 aliphatic carbocycles. The molecule has 0 aromatic rings. The van der Waals surface area contributed by atoms with Gasteiger partial charge in [-0.1, -0.05) is 20.3 Å². The van der Waals surface area contributed by atoms with Crippen molar-refractivity contribution in [2.45, 2.75) is 39.2 Å². The van der Waals surface area contributed by atoms with Crippen molar-refractivity contribution >= 4 is 17.8 Å². The second kappa shape index (κ2) is 9.93. The van der Waals surface area contributed by atoms with Crippen LogP contribution in [0.3, 0.4) is 0 Å². The van der Waals surface area contributed by atoms with Gasteiger partial charge in [0.2, 0.25) is 5.91 Å². The third kappa shape index (κ3) is 8.09. The fourth-order valence-corrected chi connectivity index (χ4v) is 1.79. The quantitative estimate of drug-likeness (QED) is 0.642. The topological polar surface area (TPSA) is 121 Å². The number of hydrogen-bond acceptors (Lipinski definition) is 4. The lowest BCUT2D eigenvalue weighted by Gasteiger charge is -2.23. The predicted molar refractivity (Wildman–Crippen MR) is 77.7 cm³/mol. The second-order valence-electron chi connectivity index (χ2n) is 4.95. The molecule has 0 aromatic carbocycles. The molecule has 0 radical (unpaired) electrons. The molecular weight excluding hydrogens is 276 g/mol. The van der Waals surface area contributed by atoms with E-state index in [1.54, 1.807) is 0 Å². The highest BCUT2D eigenvalue weighted by Crippen LogP contribution is 2.13. The van der Waals surface area contributed by atoms with Crippen molar-refractivity contribution in [3.05, 3.63) is 12.2 Å². The summed E-state index contributed by atoms with van der Waals surface area (Å²) in [6, 6.07) is -0.289. The van der Waals surface area contributed by atoms with E-state index in [1.165, 1.54) is 0 Å². The van der Waals surface area contributed by atoms with Gasteiger partial charge in [-0.15, -0.1) is 0 Å². The van der Waals surface area contributed by atoms with Gasteiger partial charge in [0.15, 0.2) is 0 Å². The van der Waals surface area contributed by atoms with Gasteiger partial charge >= 0.3 is 11.9 Å². The van der Waals surface area contributed by atoms with E-state index < -0.39 is 11.9 Å². The van der Waals surface area contributed by atoms with Crippen molar-refractivity contribution in [3.8, 4) is 0 Å². The van der Waals surface area contributed by atoms with E-state index in [-0.39, 0.29) is 11.9 Å². The number of likely N-dealkylation sites (tertiary alicyclic amines) is 1. The van der Waals surface area contributed by atoms with E-state index in [9.17, 15) is 14.4 Å². The molecule has 2 atom stereocenters. The maximum Gasteiger partial charge on any atom is 0.328 e. The van der Waals surface area contributed by atoms with Crippen molar-refractivity contribution in [3.63, 3.8) is 0 Å². The minimum atomic E-state index is -1.26. The van der Waals surface area contributed by atoms with Gasteiger partial charge in [0.1, 0.15) is 0 Å². The number of carboxylic acids is 2. The molecule has 1 saturated heterocycles. The first-order valence-corrected chi connectivity index (χ1v) is 6.97. The lowest BCUT2D eigenvalue weighted by Crippen LogP contribution is -2.45. The third-order valence-electron chi connectivity index (χ3n) is 3.33. The Morgan fingerprint density at radius 3 is 1.90 bits per heavy atom. The van der Waals surface area contributed by atoms with Gasteiger partial charge in [0.05, 0.1) is 6.04 Å². The van der Waals surface area contributed by atoms with Crippen LogP contribution >= 0.6 is 0 Å².